The van der Waals surface area contributed by atoms with Crippen molar-refractivity contribution in [1.29, 1.82) is 0 Å². The van der Waals surface area contributed by atoms with E-state index in [1.54, 1.807) is 0 Å². The van der Waals surface area contributed by atoms with Crippen LogP contribution in [0.4, 0.5) is 5.13 Å². The molecule has 1 rings (SSSR count). The average Bonchev–Trinajstić information content (AvgIpc) is 2.73. The van der Waals surface area contributed by atoms with Gasteiger partial charge in [0.25, 0.3) is 10.0 Å². The van der Waals surface area contributed by atoms with Crippen LogP contribution in [0.25, 0.3) is 0 Å². The Bertz CT molecular complexity index is 499. The molecule has 1 amide bonds. The van der Waals surface area contributed by atoms with Crippen LogP contribution in [0.5, 0.6) is 0 Å². The van der Waals surface area contributed by atoms with Gasteiger partial charge in [0, 0.05) is 13.5 Å². The smallest absolute Gasteiger partial charge is 0.269 e. The van der Waals surface area contributed by atoms with Gasteiger partial charge in [0.05, 0.1) is 0 Å². The van der Waals surface area contributed by atoms with Gasteiger partial charge in [0.1, 0.15) is 0 Å². The number of carbonyl (C=O) groups is 1. The highest BCUT2D eigenvalue weighted by atomic mass is 32.2. The Kier molecular flexibility index (Phi) is 5.59. The minimum atomic E-state index is -3.65. The molecule has 0 unspecified atom stereocenters. The summed E-state index contributed by atoms with van der Waals surface area (Å²) in [7, 11) is -3.65. The molecule has 1 aromatic rings. The van der Waals surface area contributed by atoms with Crippen LogP contribution in [0, 0.1) is 0 Å². The summed E-state index contributed by atoms with van der Waals surface area (Å²) in [4.78, 5) is 10.8. The molecule has 0 aliphatic heterocycles. The number of rotatable bonds is 7. The van der Waals surface area contributed by atoms with E-state index in [2.05, 4.69) is 20.2 Å². The molecule has 0 radical (unpaired) electrons. The molecule has 4 N–H and O–H groups in total. The van der Waals surface area contributed by atoms with Crippen molar-refractivity contribution in [2.24, 2.45) is 5.73 Å². The Labute approximate surface area is 109 Å². The van der Waals surface area contributed by atoms with E-state index < -0.39 is 10.0 Å². The Morgan fingerprint density at radius 1 is 1.39 bits per heavy atom. The van der Waals surface area contributed by atoms with E-state index >= 15 is 0 Å². The highest BCUT2D eigenvalue weighted by molar-refractivity contribution is 7.91. The fourth-order valence-corrected chi connectivity index (χ4v) is 3.12. The van der Waals surface area contributed by atoms with Crippen LogP contribution >= 0.6 is 11.3 Å². The van der Waals surface area contributed by atoms with Crippen LogP contribution in [-0.4, -0.2) is 37.6 Å². The lowest BCUT2D eigenvalue weighted by atomic mass is 10.3. The van der Waals surface area contributed by atoms with E-state index in [9.17, 15) is 13.2 Å². The third-order valence-electron chi connectivity index (χ3n) is 1.84. The number of amides is 1. The molecule has 18 heavy (non-hydrogen) atoms. The van der Waals surface area contributed by atoms with Gasteiger partial charge in [-0.25, -0.2) is 13.1 Å². The van der Waals surface area contributed by atoms with E-state index in [0.29, 0.717) is 19.5 Å². The van der Waals surface area contributed by atoms with Crippen LogP contribution in [-0.2, 0) is 14.8 Å². The molecule has 0 fully saturated rings. The summed E-state index contributed by atoms with van der Waals surface area (Å²) in [6.45, 7) is 2.13. The maximum atomic E-state index is 11.7. The monoisotopic (exact) mass is 293 g/mol. The predicted octanol–water partition coefficient (Wildman–Crippen LogP) is -0.486. The van der Waals surface area contributed by atoms with Crippen LogP contribution in [0.1, 0.15) is 19.8 Å². The fourth-order valence-electron chi connectivity index (χ4n) is 1.06. The second-order valence-electron chi connectivity index (χ2n) is 3.45. The first-order valence-corrected chi connectivity index (χ1v) is 7.56. The number of hydrogen-bond acceptors (Lipinski definition) is 7. The predicted molar refractivity (Wildman–Crippen MR) is 67.7 cm³/mol. The molecule has 8 nitrogen and oxygen atoms in total. The second kappa shape index (κ2) is 6.73. The van der Waals surface area contributed by atoms with Crippen molar-refractivity contribution in [2.45, 2.75) is 24.1 Å². The van der Waals surface area contributed by atoms with Crippen LogP contribution in [0.15, 0.2) is 4.34 Å². The lowest BCUT2D eigenvalue weighted by Crippen LogP contribution is -2.25. The minimum absolute atomic E-state index is 0.157. The van der Waals surface area contributed by atoms with Crippen LogP contribution in [0.2, 0.25) is 0 Å². The fraction of sp³-hybridized carbons (Fsp3) is 0.625. The molecular weight excluding hydrogens is 278 g/mol. The molecule has 10 heteroatoms. The Balaban J connectivity index is 2.61. The SMILES string of the molecule is CC(=O)Nc1nnc(S(=O)(=O)NCCCCN)s1. The lowest BCUT2D eigenvalue weighted by Gasteiger charge is -2.01. The van der Waals surface area contributed by atoms with E-state index in [0.717, 1.165) is 17.8 Å². The van der Waals surface area contributed by atoms with E-state index in [-0.39, 0.29) is 15.4 Å². The number of carbonyl (C=O) groups excluding carboxylic acids is 1. The van der Waals surface area contributed by atoms with E-state index in [1.165, 1.54) is 6.92 Å². The molecule has 0 aliphatic carbocycles. The van der Waals surface area contributed by atoms with Crippen molar-refractivity contribution in [2.75, 3.05) is 18.4 Å². The molecule has 0 atom stereocenters. The normalized spacial score (nSPS) is 11.4. The number of hydrogen-bond donors (Lipinski definition) is 3. The number of nitrogens with one attached hydrogen (secondary N) is 2. The molecule has 102 valence electrons. The Morgan fingerprint density at radius 2 is 2.11 bits per heavy atom. The quantitative estimate of drug-likeness (QED) is 0.460. The van der Waals surface area contributed by atoms with Crippen molar-refractivity contribution >= 4 is 32.4 Å². The zero-order valence-electron chi connectivity index (χ0n) is 9.84. The molecule has 0 aliphatic rings. The first kappa shape index (κ1) is 15.0. The van der Waals surface area contributed by atoms with Gasteiger partial charge in [0.2, 0.25) is 15.4 Å². The summed E-state index contributed by atoms with van der Waals surface area (Å²) >= 11 is 0.803. The maximum absolute atomic E-state index is 11.7. The van der Waals surface area contributed by atoms with Gasteiger partial charge in [-0.05, 0) is 19.4 Å². The van der Waals surface area contributed by atoms with Gasteiger partial charge in [-0.1, -0.05) is 11.3 Å². The van der Waals surface area contributed by atoms with Crippen molar-refractivity contribution < 1.29 is 13.2 Å². The van der Waals surface area contributed by atoms with Crippen molar-refractivity contribution in [1.82, 2.24) is 14.9 Å². The number of sulfonamides is 1. The third kappa shape index (κ3) is 4.64. The van der Waals surface area contributed by atoms with Crippen molar-refractivity contribution in [3.63, 3.8) is 0 Å². The van der Waals surface area contributed by atoms with Gasteiger partial charge < -0.3 is 11.1 Å². The summed E-state index contributed by atoms with van der Waals surface area (Å²) in [5.41, 5.74) is 5.30. The summed E-state index contributed by atoms with van der Waals surface area (Å²) < 4.78 is 25.7. The molecule has 1 heterocycles. The summed E-state index contributed by atoms with van der Waals surface area (Å²) in [6, 6.07) is 0. The molecule has 0 saturated heterocycles. The van der Waals surface area contributed by atoms with E-state index in [1.807, 2.05) is 0 Å². The zero-order chi connectivity index (χ0) is 13.6. The van der Waals surface area contributed by atoms with Gasteiger partial charge in [-0.15, -0.1) is 10.2 Å². The number of aromatic nitrogens is 2. The van der Waals surface area contributed by atoms with E-state index in [4.69, 9.17) is 5.73 Å². The van der Waals surface area contributed by atoms with Gasteiger partial charge in [0.15, 0.2) is 0 Å². The Morgan fingerprint density at radius 3 is 2.72 bits per heavy atom. The molecule has 0 aromatic carbocycles. The summed E-state index contributed by atoms with van der Waals surface area (Å²) in [6.07, 6.45) is 1.41. The standard InChI is InChI=1S/C8H15N5O3S2/c1-6(14)11-7-12-13-8(17-7)18(15,16)10-5-3-2-4-9/h10H,2-5,9H2,1H3,(H,11,12,14). The van der Waals surface area contributed by atoms with Crippen molar-refractivity contribution in [3.05, 3.63) is 0 Å². The highest BCUT2D eigenvalue weighted by Crippen LogP contribution is 2.19. The number of anilines is 1. The average molecular weight is 293 g/mol. The lowest BCUT2D eigenvalue weighted by molar-refractivity contribution is -0.114. The summed E-state index contributed by atoms with van der Waals surface area (Å²) in [5.74, 6) is -0.328. The third-order valence-corrected chi connectivity index (χ3v) is 4.51. The minimum Gasteiger partial charge on any atom is -0.330 e. The summed E-state index contributed by atoms with van der Waals surface area (Å²) in [5, 5.41) is 9.61. The first-order valence-electron chi connectivity index (χ1n) is 5.26. The zero-order valence-corrected chi connectivity index (χ0v) is 11.5. The van der Waals surface area contributed by atoms with Gasteiger partial charge in [-0.2, -0.15) is 0 Å². The molecule has 0 saturated carbocycles. The van der Waals surface area contributed by atoms with Gasteiger partial charge >= 0.3 is 0 Å². The van der Waals surface area contributed by atoms with Crippen LogP contribution < -0.4 is 15.8 Å². The molecular formula is C8H15N5O3S2. The number of nitrogens with zero attached hydrogens (tertiary/aromatic N) is 2. The largest absolute Gasteiger partial charge is 0.330 e. The number of nitrogens with two attached hydrogens (primary N) is 1. The van der Waals surface area contributed by atoms with Gasteiger partial charge in [-0.3, -0.25) is 4.79 Å². The topological polar surface area (TPSA) is 127 Å². The molecule has 0 spiro atoms. The first-order chi connectivity index (χ1) is 8.45. The van der Waals surface area contributed by atoms with Crippen molar-refractivity contribution in [3.8, 4) is 0 Å². The molecule has 1 aromatic heterocycles. The highest BCUT2D eigenvalue weighted by Gasteiger charge is 2.19. The number of unbranched alkanes of at least 4 members (excludes halogenated alkanes) is 1. The van der Waals surface area contributed by atoms with Crippen LogP contribution in [0.3, 0.4) is 0 Å². The maximum Gasteiger partial charge on any atom is 0.269 e. The Hall–Kier alpha value is -1.10. The second-order valence-corrected chi connectivity index (χ2v) is 6.37. The molecule has 0 bridgehead atoms.